The fourth-order valence-corrected chi connectivity index (χ4v) is 3.23. The monoisotopic (exact) mass is 389 g/mol. The van der Waals surface area contributed by atoms with Gasteiger partial charge in [0.25, 0.3) is 11.5 Å². The summed E-state index contributed by atoms with van der Waals surface area (Å²) < 4.78 is 1.39. The summed E-state index contributed by atoms with van der Waals surface area (Å²) in [5, 5.41) is 1.28. The standard InChI is InChI=1S/C21H19N5O3/c1-13-5-4-7-15-19(13)23-12-26(21(15)29)10-9-18(27)24-25-20(28)16-11-22-17-8-3-2-6-14(16)17/h2-8,11-12,22H,9-10H2,1H3,(H,24,27)(H,25,28). The van der Waals surface area contributed by atoms with Crippen molar-refractivity contribution in [2.24, 2.45) is 0 Å². The number of carbonyl (C=O) groups is 2. The molecule has 0 aliphatic heterocycles. The summed E-state index contributed by atoms with van der Waals surface area (Å²) in [6.45, 7) is 2.05. The van der Waals surface area contributed by atoms with Gasteiger partial charge in [0, 0.05) is 30.1 Å². The van der Waals surface area contributed by atoms with Crippen molar-refractivity contribution in [2.75, 3.05) is 0 Å². The molecular weight excluding hydrogens is 370 g/mol. The van der Waals surface area contributed by atoms with Crippen molar-refractivity contribution in [3.63, 3.8) is 0 Å². The molecule has 2 heterocycles. The lowest BCUT2D eigenvalue weighted by Gasteiger charge is -2.09. The Kier molecular flexibility index (Phi) is 4.82. The highest BCUT2D eigenvalue weighted by molar-refractivity contribution is 6.07. The molecule has 0 fully saturated rings. The van der Waals surface area contributed by atoms with E-state index in [4.69, 9.17) is 0 Å². The lowest BCUT2D eigenvalue weighted by molar-refractivity contribution is -0.122. The van der Waals surface area contributed by atoms with Gasteiger partial charge in [0.2, 0.25) is 5.91 Å². The minimum Gasteiger partial charge on any atom is -0.360 e. The van der Waals surface area contributed by atoms with Gasteiger partial charge in [-0.3, -0.25) is 29.8 Å². The van der Waals surface area contributed by atoms with Gasteiger partial charge in [0.1, 0.15) is 0 Å². The molecular formula is C21H19N5O3. The van der Waals surface area contributed by atoms with Crippen molar-refractivity contribution in [2.45, 2.75) is 19.9 Å². The van der Waals surface area contributed by atoms with Crippen LogP contribution in [0.15, 0.2) is 59.8 Å². The fraction of sp³-hybridized carbons (Fsp3) is 0.143. The summed E-state index contributed by atoms with van der Waals surface area (Å²) in [7, 11) is 0. The molecule has 29 heavy (non-hydrogen) atoms. The smallest absolute Gasteiger partial charge is 0.271 e. The molecule has 0 aliphatic carbocycles. The first-order chi connectivity index (χ1) is 14.0. The number of aromatic nitrogens is 3. The first kappa shape index (κ1) is 18.4. The van der Waals surface area contributed by atoms with Crippen molar-refractivity contribution in [3.8, 4) is 0 Å². The van der Waals surface area contributed by atoms with Crippen LogP contribution >= 0.6 is 0 Å². The number of fused-ring (bicyclic) bond motifs is 2. The van der Waals surface area contributed by atoms with Gasteiger partial charge in [-0.15, -0.1) is 0 Å². The maximum absolute atomic E-state index is 12.6. The van der Waals surface area contributed by atoms with Crippen LogP contribution in [0.5, 0.6) is 0 Å². The molecule has 2 aromatic carbocycles. The SMILES string of the molecule is Cc1cccc2c(=O)n(CCC(=O)NNC(=O)c3c[nH]c4ccccc34)cnc12. The quantitative estimate of drug-likeness (QED) is 0.464. The molecule has 0 saturated carbocycles. The number of para-hydroxylation sites is 2. The first-order valence-electron chi connectivity index (χ1n) is 9.14. The number of rotatable bonds is 4. The second kappa shape index (κ2) is 7.59. The Labute approximate surface area is 165 Å². The average molecular weight is 389 g/mol. The number of amides is 2. The van der Waals surface area contributed by atoms with E-state index in [9.17, 15) is 14.4 Å². The number of aromatic amines is 1. The normalized spacial score (nSPS) is 10.9. The van der Waals surface area contributed by atoms with E-state index in [0.29, 0.717) is 16.5 Å². The Hall–Kier alpha value is -3.94. The second-order valence-corrected chi connectivity index (χ2v) is 6.71. The number of hydrazine groups is 1. The summed E-state index contributed by atoms with van der Waals surface area (Å²) in [6.07, 6.45) is 3.05. The zero-order valence-electron chi connectivity index (χ0n) is 15.7. The van der Waals surface area contributed by atoms with E-state index in [0.717, 1.165) is 16.5 Å². The van der Waals surface area contributed by atoms with Crippen LogP contribution in [-0.2, 0) is 11.3 Å². The van der Waals surface area contributed by atoms with Crippen LogP contribution in [0.1, 0.15) is 22.3 Å². The van der Waals surface area contributed by atoms with Crippen LogP contribution in [0.3, 0.4) is 0 Å². The topological polar surface area (TPSA) is 109 Å². The van der Waals surface area contributed by atoms with Crippen molar-refractivity contribution >= 4 is 33.6 Å². The summed E-state index contributed by atoms with van der Waals surface area (Å²) in [6, 6.07) is 12.8. The zero-order chi connectivity index (χ0) is 20.4. The van der Waals surface area contributed by atoms with E-state index in [-0.39, 0.29) is 18.5 Å². The van der Waals surface area contributed by atoms with Gasteiger partial charge >= 0.3 is 0 Å². The molecule has 4 rings (SSSR count). The largest absolute Gasteiger partial charge is 0.360 e. The van der Waals surface area contributed by atoms with Crippen LogP contribution in [0.4, 0.5) is 0 Å². The number of hydrogen-bond acceptors (Lipinski definition) is 4. The van der Waals surface area contributed by atoms with Gasteiger partial charge in [-0.2, -0.15) is 0 Å². The van der Waals surface area contributed by atoms with Gasteiger partial charge in [0.15, 0.2) is 0 Å². The van der Waals surface area contributed by atoms with E-state index in [2.05, 4.69) is 20.8 Å². The van der Waals surface area contributed by atoms with Gasteiger partial charge < -0.3 is 4.98 Å². The zero-order valence-corrected chi connectivity index (χ0v) is 15.7. The summed E-state index contributed by atoms with van der Waals surface area (Å²) in [4.78, 5) is 44.3. The molecule has 3 N–H and O–H groups in total. The van der Waals surface area contributed by atoms with Crippen molar-refractivity contribution in [1.82, 2.24) is 25.4 Å². The molecule has 0 bridgehead atoms. The number of H-pyrrole nitrogens is 1. The van der Waals surface area contributed by atoms with Crippen molar-refractivity contribution < 1.29 is 9.59 Å². The second-order valence-electron chi connectivity index (χ2n) is 6.71. The minimum atomic E-state index is -0.421. The van der Waals surface area contributed by atoms with Gasteiger partial charge in [-0.25, -0.2) is 4.98 Å². The molecule has 4 aromatic rings. The van der Waals surface area contributed by atoms with Crippen molar-refractivity contribution in [1.29, 1.82) is 0 Å². The van der Waals surface area contributed by atoms with Gasteiger partial charge in [-0.1, -0.05) is 30.3 Å². The summed E-state index contributed by atoms with van der Waals surface area (Å²) in [5.74, 6) is -0.828. The number of hydrogen-bond donors (Lipinski definition) is 3. The van der Waals surface area contributed by atoms with Crippen LogP contribution in [0.25, 0.3) is 21.8 Å². The molecule has 2 amide bonds. The molecule has 0 saturated heterocycles. The van der Waals surface area contributed by atoms with E-state index in [1.54, 1.807) is 18.3 Å². The van der Waals surface area contributed by atoms with Crippen LogP contribution in [0, 0.1) is 6.92 Å². The number of benzene rings is 2. The predicted molar refractivity (Wildman–Crippen MR) is 109 cm³/mol. The third-order valence-corrected chi connectivity index (χ3v) is 4.78. The number of carbonyl (C=O) groups excluding carboxylic acids is 2. The van der Waals surface area contributed by atoms with Gasteiger partial charge in [-0.05, 0) is 24.6 Å². The van der Waals surface area contributed by atoms with E-state index in [1.165, 1.54) is 10.9 Å². The highest BCUT2D eigenvalue weighted by Gasteiger charge is 2.13. The molecule has 0 radical (unpaired) electrons. The first-order valence-corrected chi connectivity index (χ1v) is 9.14. The van der Waals surface area contributed by atoms with E-state index in [1.807, 2.05) is 37.3 Å². The Morgan fingerprint density at radius 1 is 1.07 bits per heavy atom. The van der Waals surface area contributed by atoms with E-state index >= 15 is 0 Å². The predicted octanol–water partition coefficient (Wildman–Crippen LogP) is 2.04. The van der Waals surface area contributed by atoms with Gasteiger partial charge in [0.05, 0.1) is 22.8 Å². The Morgan fingerprint density at radius 2 is 1.86 bits per heavy atom. The summed E-state index contributed by atoms with van der Waals surface area (Å²) >= 11 is 0. The number of nitrogens with one attached hydrogen (secondary N) is 3. The third kappa shape index (κ3) is 3.60. The lowest BCUT2D eigenvalue weighted by atomic mass is 10.1. The fourth-order valence-electron chi connectivity index (χ4n) is 3.23. The highest BCUT2D eigenvalue weighted by Crippen LogP contribution is 2.17. The molecule has 2 aromatic heterocycles. The van der Waals surface area contributed by atoms with Crippen LogP contribution in [0.2, 0.25) is 0 Å². The molecule has 0 unspecified atom stereocenters. The number of nitrogens with zero attached hydrogens (tertiary/aromatic N) is 2. The van der Waals surface area contributed by atoms with Crippen LogP contribution in [-0.4, -0.2) is 26.3 Å². The maximum atomic E-state index is 12.6. The Bertz CT molecular complexity index is 1290. The molecule has 8 nitrogen and oxygen atoms in total. The third-order valence-electron chi connectivity index (χ3n) is 4.78. The molecule has 0 aliphatic rings. The molecule has 146 valence electrons. The molecule has 0 spiro atoms. The molecule has 8 heteroatoms. The summed E-state index contributed by atoms with van der Waals surface area (Å²) in [5.41, 5.74) is 7.44. The maximum Gasteiger partial charge on any atom is 0.271 e. The minimum absolute atomic E-state index is 0.0209. The van der Waals surface area contributed by atoms with Crippen molar-refractivity contribution in [3.05, 3.63) is 76.5 Å². The Morgan fingerprint density at radius 3 is 2.72 bits per heavy atom. The van der Waals surface area contributed by atoms with E-state index < -0.39 is 11.8 Å². The highest BCUT2D eigenvalue weighted by atomic mass is 16.2. The lowest BCUT2D eigenvalue weighted by Crippen LogP contribution is -2.42. The Balaban J connectivity index is 1.38. The van der Waals surface area contributed by atoms with Crippen LogP contribution < -0.4 is 16.4 Å². The average Bonchev–Trinajstić information content (AvgIpc) is 3.16. The number of aryl methyl sites for hydroxylation is 2. The molecule has 0 atom stereocenters.